The Bertz CT molecular complexity index is 346. The van der Waals surface area contributed by atoms with Gasteiger partial charge in [0.25, 0.3) is 0 Å². The van der Waals surface area contributed by atoms with Gasteiger partial charge in [-0.2, -0.15) is 0 Å². The quantitative estimate of drug-likeness (QED) is 0.812. The van der Waals surface area contributed by atoms with E-state index in [1.165, 1.54) is 37.7 Å². The first-order chi connectivity index (χ1) is 7.83. The zero-order valence-electron chi connectivity index (χ0n) is 9.73. The zero-order valence-corrected chi connectivity index (χ0v) is 9.73. The van der Waals surface area contributed by atoms with Gasteiger partial charge < -0.3 is 5.11 Å². The zero-order chi connectivity index (χ0) is 11.0. The standard InChI is InChI=1S/C15H20O/c16-15(10-11-4-5-11)14-8-6-13(7-9-14)12-2-1-3-12/h6-9,11-12,15-16H,1-5,10H2. The van der Waals surface area contributed by atoms with Crippen LogP contribution in [0.1, 0.15) is 61.7 Å². The minimum absolute atomic E-state index is 0.233. The number of benzene rings is 1. The van der Waals surface area contributed by atoms with Crippen LogP contribution < -0.4 is 0 Å². The third kappa shape index (κ3) is 2.15. The molecule has 0 amide bonds. The molecule has 1 atom stereocenters. The number of hydrogen-bond donors (Lipinski definition) is 1. The molecule has 86 valence electrons. The second-order valence-electron chi connectivity index (χ2n) is 5.49. The summed E-state index contributed by atoms with van der Waals surface area (Å²) >= 11 is 0. The Morgan fingerprint density at radius 2 is 1.75 bits per heavy atom. The summed E-state index contributed by atoms with van der Waals surface area (Å²) in [6.07, 6.45) is 7.45. The second-order valence-corrected chi connectivity index (χ2v) is 5.49. The third-order valence-electron chi connectivity index (χ3n) is 4.15. The van der Waals surface area contributed by atoms with E-state index in [1.54, 1.807) is 0 Å². The van der Waals surface area contributed by atoms with E-state index >= 15 is 0 Å². The average Bonchev–Trinajstić information content (AvgIpc) is 3.00. The second kappa shape index (κ2) is 4.21. The smallest absolute Gasteiger partial charge is 0.0792 e. The van der Waals surface area contributed by atoms with Gasteiger partial charge in [-0.3, -0.25) is 0 Å². The van der Waals surface area contributed by atoms with Crippen LogP contribution in [0.3, 0.4) is 0 Å². The van der Waals surface area contributed by atoms with Crippen molar-refractivity contribution in [1.82, 2.24) is 0 Å². The Labute approximate surface area is 97.5 Å². The predicted molar refractivity (Wildman–Crippen MR) is 65.3 cm³/mol. The predicted octanol–water partition coefficient (Wildman–Crippen LogP) is 3.79. The van der Waals surface area contributed by atoms with Gasteiger partial charge in [0.05, 0.1) is 6.10 Å². The maximum atomic E-state index is 10.0. The van der Waals surface area contributed by atoms with E-state index in [1.807, 2.05) is 0 Å². The topological polar surface area (TPSA) is 20.2 Å². The summed E-state index contributed by atoms with van der Waals surface area (Å²) in [5, 5.41) is 10.0. The lowest BCUT2D eigenvalue weighted by Gasteiger charge is -2.26. The first kappa shape index (κ1) is 10.3. The lowest BCUT2D eigenvalue weighted by atomic mass is 9.80. The van der Waals surface area contributed by atoms with Gasteiger partial charge in [-0.05, 0) is 42.2 Å². The van der Waals surface area contributed by atoms with Crippen molar-refractivity contribution in [2.45, 2.75) is 50.5 Å². The summed E-state index contributed by atoms with van der Waals surface area (Å²) in [5.74, 6) is 1.59. The molecule has 2 aliphatic carbocycles. The monoisotopic (exact) mass is 216 g/mol. The number of hydrogen-bond acceptors (Lipinski definition) is 1. The summed E-state index contributed by atoms with van der Waals surface area (Å²) in [6, 6.07) is 8.69. The molecule has 2 saturated carbocycles. The van der Waals surface area contributed by atoms with E-state index in [0.29, 0.717) is 0 Å². The van der Waals surface area contributed by atoms with Crippen LogP contribution in [0.15, 0.2) is 24.3 Å². The van der Waals surface area contributed by atoms with E-state index in [4.69, 9.17) is 0 Å². The van der Waals surface area contributed by atoms with Crippen LogP contribution in [-0.2, 0) is 0 Å². The van der Waals surface area contributed by atoms with Gasteiger partial charge in [0.1, 0.15) is 0 Å². The maximum absolute atomic E-state index is 10.0. The van der Waals surface area contributed by atoms with Gasteiger partial charge >= 0.3 is 0 Å². The summed E-state index contributed by atoms with van der Waals surface area (Å²) in [5.41, 5.74) is 2.57. The first-order valence-corrected chi connectivity index (χ1v) is 6.61. The van der Waals surface area contributed by atoms with Crippen molar-refractivity contribution >= 4 is 0 Å². The molecule has 0 saturated heterocycles. The van der Waals surface area contributed by atoms with Crippen LogP contribution in [0, 0.1) is 5.92 Å². The van der Waals surface area contributed by atoms with Gasteiger partial charge in [-0.1, -0.05) is 43.5 Å². The van der Waals surface area contributed by atoms with Crippen LogP contribution >= 0.6 is 0 Å². The molecule has 0 aromatic heterocycles. The number of rotatable bonds is 4. The van der Waals surface area contributed by atoms with Crippen LogP contribution in [0.5, 0.6) is 0 Å². The largest absolute Gasteiger partial charge is 0.388 e. The SMILES string of the molecule is OC(CC1CC1)c1ccc(C2CCC2)cc1. The van der Waals surface area contributed by atoms with Gasteiger partial charge in [0.2, 0.25) is 0 Å². The molecular weight excluding hydrogens is 196 g/mol. The highest BCUT2D eigenvalue weighted by Gasteiger charge is 2.25. The molecule has 0 spiro atoms. The molecule has 16 heavy (non-hydrogen) atoms. The molecule has 1 aromatic carbocycles. The van der Waals surface area contributed by atoms with Crippen molar-refractivity contribution < 1.29 is 5.11 Å². The fourth-order valence-electron chi connectivity index (χ4n) is 2.54. The van der Waals surface area contributed by atoms with E-state index in [9.17, 15) is 5.11 Å². The Balaban J connectivity index is 1.65. The summed E-state index contributed by atoms with van der Waals surface area (Å²) in [6.45, 7) is 0. The molecule has 0 heterocycles. The van der Waals surface area contributed by atoms with Crippen LogP contribution in [0.4, 0.5) is 0 Å². The molecule has 1 nitrogen and oxygen atoms in total. The molecule has 1 N–H and O–H groups in total. The first-order valence-electron chi connectivity index (χ1n) is 6.61. The normalized spacial score (nSPS) is 22.8. The average molecular weight is 216 g/mol. The molecule has 1 unspecified atom stereocenters. The minimum Gasteiger partial charge on any atom is -0.388 e. The highest BCUT2D eigenvalue weighted by Crippen LogP contribution is 2.39. The van der Waals surface area contributed by atoms with Gasteiger partial charge in [0, 0.05) is 0 Å². The van der Waals surface area contributed by atoms with Crippen molar-refractivity contribution in [1.29, 1.82) is 0 Å². The molecule has 2 fully saturated rings. The Hall–Kier alpha value is -0.820. The van der Waals surface area contributed by atoms with E-state index in [0.717, 1.165) is 23.8 Å². The van der Waals surface area contributed by atoms with Crippen LogP contribution in [0.2, 0.25) is 0 Å². The van der Waals surface area contributed by atoms with Gasteiger partial charge in [-0.15, -0.1) is 0 Å². The Morgan fingerprint density at radius 3 is 2.25 bits per heavy atom. The van der Waals surface area contributed by atoms with Crippen molar-refractivity contribution in [3.63, 3.8) is 0 Å². The fraction of sp³-hybridized carbons (Fsp3) is 0.600. The maximum Gasteiger partial charge on any atom is 0.0792 e. The highest BCUT2D eigenvalue weighted by molar-refractivity contribution is 5.27. The molecule has 0 radical (unpaired) electrons. The van der Waals surface area contributed by atoms with Crippen molar-refractivity contribution in [3.8, 4) is 0 Å². The molecular formula is C15H20O. The van der Waals surface area contributed by atoms with Gasteiger partial charge in [0.15, 0.2) is 0 Å². The lowest BCUT2D eigenvalue weighted by molar-refractivity contribution is 0.160. The van der Waals surface area contributed by atoms with E-state index in [-0.39, 0.29) is 6.10 Å². The van der Waals surface area contributed by atoms with Crippen molar-refractivity contribution in [2.75, 3.05) is 0 Å². The summed E-state index contributed by atoms with van der Waals surface area (Å²) in [4.78, 5) is 0. The molecule has 1 heteroatoms. The van der Waals surface area contributed by atoms with Crippen LogP contribution in [-0.4, -0.2) is 5.11 Å². The molecule has 0 aliphatic heterocycles. The minimum atomic E-state index is -0.233. The van der Waals surface area contributed by atoms with E-state index < -0.39 is 0 Å². The third-order valence-corrected chi connectivity index (χ3v) is 4.15. The van der Waals surface area contributed by atoms with Crippen LogP contribution in [0.25, 0.3) is 0 Å². The Kier molecular flexibility index (Phi) is 2.72. The molecule has 3 rings (SSSR count). The van der Waals surface area contributed by atoms with Crippen molar-refractivity contribution in [3.05, 3.63) is 35.4 Å². The van der Waals surface area contributed by atoms with Gasteiger partial charge in [-0.25, -0.2) is 0 Å². The number of aliphatic hydroxyl groups is 1. The summed E-state index contributed by atoms with van der Waals surface area (Å²) < 4.78 is 0. The molecule has 0 bridgehead atoms. The fourth-order valence-corrected chi connectivity index (χ4v) is 2.54. The highest BCUT2D eigenvalue weighted by atomic mass is 16.3. The molecule has 1 aromatic rings. The number of aliphatic hydroxyl groups excluding tert-OH is 1. The molecule has 2 aliphatic rings. The Morgan fingerprint density at radius 1 is 1.06 bits per heavy atom. The summed E-state index contributed by atoms with van der Waals surface area (Å²) in [7, 11) is 0. The lowest BCUT2D eigenvalue weighted by Crippen LogP contribution is -2.08. The van der Waals surface area contributed by atoms with Crippen molar-refractivity contribution in [2.24, 2.45) is 5.92 Å². The van der Waals surface area contributed by atoms with E-state index in [2.05, 4.69) is 24.3 Å².